The number of nitrogens with zero attached hydrogens (tertiary/aromatic N) is 3. The number of hydrogen-bond donors (Lipinski definition) is 0. The number of hydroxylamine groups is 2. The molecule has 2 heterocycles. The summed E-state index contributed by atoms with van der Waals surface area (Å²) in [5, 5.41) is 10.3. The van der Waals surface area contributed by atoms with Gasteiger partial charge < -0.3 is 14.2 Å². The number of carbonyl (C=O) groups is 2. The summed E-state index contributed by atoms with van der Waals surface area (Å²) < 4.78 is 16.8. The third-order valence-electron chi connectivity index (χ3n) is 7.56. The number of benzene rings is 1. The summed E-state index contributed by atoms with van der Waals surface area (Å²) in [4.78, 5) is 35.3. The molecular formula is C28H31N3O6. The summed E-state index contributed by atoms with van der Waals surface area (Å²) in [6.45, 7) is 5.83. The molecule has 0 radical (unpaired) electrons. The van der Waals surface area contributed by atoms with E-state index in [0.717, 1.165) is 34.7 Å². The van der Waals surface area contributed by atoms with E-state index in [4.69, 9.17) is 19.0 Å². The number of amides is 2. The van der Waals surface area contributed by atoms with E-state index < -0.39 is 5.92 Å². The smallest absolute Gasteiger partial charge is 0.258 e. The zero-order chi connectivity index (χ0) is 25.9. The number of ether oxygens (including phenoxy) is 3. The highest BCUT2D eigenvalue weighted by atomic mass is 16.7. The number of imide groups is 1. The van der Waals surface area contributed by atoms with Gasteiger partial charge in [0.25, 0.3) is 11.8 Å². The quantitative estimate of drug-likeness (QED) is 0.244. The average molecular weight is 506 g/mol. The number of methoxy groups -OCH3 is 1. The van der Waals surface area contributed by atoms with Crippen LogP contribution in [0, 0.1) is 40.9 Å². The van der Waals surface area contributed by atoms with E-state index in [1.165, 1.54) is 0 Å². The SMILES string of the molecule is C=C1c2cc(OCCOC)c(CCCOCCON3C(=O)C4C5C=CC(C5)C4C3=O)cc2N=CC1C#N. The Bertz CT molecular complexity index is 1160. The van der Waals surface area contributed by atoms with Crippen molar-refractivity contribution in [2.24, 2.45) is 34.6 Å². The molecule has 0 spiro atoms. The Morgan fingerprint density at radius 2 is 1.84 bits per heavy atom. The van der Waals surface area contributed by atoms with Crippen molar-refractivity contribution >= 4 is 29.3 Å². The van der Waals surface area contributed by atoms with Crippen molar-refractivity contribution in [2.75, 3.05) is 40.1 Å². The van der Waals surface area contributed by atoms with Crippen LogP contribution in [-0.2, 0) is 30.3 Å². The van der Waals surface area contributed by atoms with Crippen LogP contribution in [0.1, 0.15) is 24.0 Å². The molecule has 2 aliphatic carbocycles. The fourth-order valence-electron chi connectivity index (χ4n) is 5.72. The van der Waals surface area contributed by atoms with Gasteiger partial charge in [-0.25, -0.2) is 0 Å². The largest absolute Gasteiger partial charge is 0.491 e. The first-order valence-corrected chi connectivity index (χ1v) is 12.7. The molecule has 2 fully saturated rings. The number of aliphatic imine (C=N–C) groups is 1. The molecule has 37 heavy (non-hydrogen) atoms. The molecule has 0 N–H and O–H groups in total. The van der Waals surface area contributed by atoms with Gasteiger partial charge in [-0.1, -0.05) is 18.7 Å². The summed E-state index contributed by atoms with van der Waals surface area (Å²) in [6.07, 6.45) is 8.06. The molecule has 194 valence electrons. The van der Waals surface area contributed by atoms with Crippen LogP contribution in [-0.4, -0.2) is 63.2 Å². The lowest BCUT2D eigenvalue weighted by Gasteiger charge is -2.20. The number of carbonyl (C=O) groups excluding carboxylic acids is 2. The normalized spacial score (nSPS) is 27.1. The third-order valence-corrected chi connectivity index (χ3v) is 7.56. The lowest BCUT2D eigenvalue weighted by Crippen LogP contribution is -2.34. The molecule has 4 aliphatic rings. The van der Waals surface area contributed by atoms with Crippen LogP contribution >= 0.6 is 0 Å². The highest BCUT2D eigenvalue weighted by Gasteiger charge is 2.60. The van der Waals surface area contributed by atoms with E-state index in [1.54, 1.807) is 13.3 Å². The van der Waals surface area contributed by atoms with Gasteiger partial charge in [0, 0.05) is 25.5 Å². The highest BCUT2D eigenvalue weighted by Crippen LogP contribution is 2.52. The Balaban J connectivity index is 1.10. The number of rotatable bonds is 12. The fraction of sp³-hybridized carbons (Fsp3) is 0.500. The van der Waals surface area contributed by atoms with Crippen LogP contribution in [0.2, 0.25) is 0 Å². The molecule has 1 aromatic carbocycles. The maximum absolute atomic E-state index is 12.6. The van der Waals surface area contributed by atoms with Gasteiger partial charge in [-0.3, -0.25) is 19.4 Å². The second-order valence-electron chi connectivity index (χ2n) is 9.75. The van der Waals surface area contributed by atoms with E-state index >= 15 is 0 Å². The Labute approximate surface area is 216 Å². The van der Waals surface area contributed by atoms with Crippen LogP contribution in [0.25, 0.3) is 5.57 Å². The van der Waals surface area contributed by atoms with Crippen molar-refractivity contribution in [1.29, 1.82) is 5.26 Å². The zero-order valence-corrected chi connectivity index (χ0v) is 20.9. The molecule has 1 saturated heterocycles. The average Bonchev–Trinajstić information content (AvgIpc) is 3.58. The van der Waals surface area contributed by atoms with E-state index in [2.05, 4.69) is 29.8 Å². The molecule has 1 saturated carbocycles. The standard InChI is InChI=1S/C28H31N3O6/c1-17-21(15-29)16-30-23-13-18(24(14-22(17)23)36-10-8-34-2)4-3-7-35-9-11-37-31-27(32)25-19-5-6-20(12-19)26(25)28(31)33/h5-6,13-14,16,19-21,25-26H,1,3-4,7-12H2,2H3. The highest BCUT2D eigenvalue weighted by molar-refractivity contribution is 6.05. The molecule has 1 aromatic rings. The van der Waals surface area contributed by atoms with Crippen molar-refractivity contribution < 1.29 is 28.6 Å². The maximum atomic E-state index is 12.6. The van der Waals surface area contributed by atoms with Crippen LogP contribution in [0.4, 0.5) is 5.69 Å². The Kier molecular flexibility index (Phi) is 7.51. The molecule has 9 heteroatoms. The summed E-state index contributed by atoms with van der Waals surface area (Å²) in [6, 6.07) is 6.07. The Morgan fingerprint density at radius 1 is 1.08 bits per heavy atom. The van der Waals surface area contributed by atoms with Gasteiger partial charge in [0.2, 0.25) is 0 Å². The molecular weight excluding hydrogens is 474 g/mol. The van der Waals surface area contributed by atoms with Crippen molar-refractivity contribution in [3.05, 3.63) is 42.0 Å². The second-order valence-corrected chi connectivity index (χ2v) is 9.75. The van der Waals surface area contributed by atoms with Crippen molar-refractivity contribution in [1.82, 2.24) is 5.06 Å². The van der Waals surface area contributed by atoms with Crippen molar-refractivity contribution in [2.45, 2.75) is 19.3 Å². The number of aryl methyl sites for hydroxylation is 1. The van der Waals surface area contributed by atoms with E-state index in [0.29, 0.717) is 37.6 Å². The summed E-state index contributed by atoms with van der Waals surface area (Å²) in [7, 11) is 1.62. The van der Waals surface area contributed by atoms with Crippen LogP contribution in [0.3, 0.4) is 0 Å². The number of nitriles is 1. The van der Waals surface area contributed by atoms with Gasteiger partial charge >= 0.3 is 0 Å². The van der Waals surface area contributed by atoms with Gasteiger partial charge in [0.05, 0.1) is 43.4 Å². The monoisotopic (exact) mass is 505 g/mol. The number of hydrogen-bond acceptors (Lipinski definition) is 8. The molecule has 5 unspecified atom stereocenters. The molecule has 2 aliphatic heterocycles. The van der Waals surface area contributed by atoms with Gasteiger partial charge in [-0.15, -0.1) is 0 Å². The summed E-state index contributed by atoms with van der Waals surface area (Å²) >= 11 is 0. The van der Waals surface area contributed by atoms with E-state index in [9.17, 15) is 14.9 Å². The Morgan fingerprint density at radius 3 is 2.54 bits per heavy atom. The molecule has 5 rings (SSSR count). The van der Waals surface area contributed by atoms with Crippen LogP contribution in [0.5, 0.6) is 5.75 Å². The Hall–Kier alpha value is -3.32. The van der Waals surface area contributed by atoms with Crippen molar-refractivity contribution in [3.63, 3.8) is 0 Å². The zero-order valence-electron chi connectivity index (χ0n) is 20.9. The molecule has 5 atom stereocenters. The predicted molar refractivity (Wildman–Crippen MR) is 135 cm³/mol. The van der Waals surface area contributed by atoms with Gasteiger partial charge in [0.15, 0.2) is 0 Å². The minimum absolute atomic E-state index is 0.140. The van der Waals surface area contributed by atoms with Gasteiger partial charge in [0.1, 0.15) is 18.3 Å². The first-order valence-electron chi connectivity index (χ1n) is 12.7. The minimum Gasteiger partial charge on any atom is -0.491 e. The van der Waals surface area contributed by atoms with Gasteiger partial charge in [-0.2, -0.15) is 10.3 Å². The van der Waals surface area contributed by atoms with Gasteiger partial charge in [-0.05, 0) is 54.4 Å². The van der Waals surface area contributed by atoms with E-state index in [-0.39, 0.29) is 48.7 Å². The third kappa shape index (κ3) is 4.85. The fourth-order valence-corrected chi connectivity index (χ4v) is 5.72. The maximum Gasteiger partial charge on any atom is 0.258 e. The molecule has 9 nitrogen and oxygen atoms in total. The first-order chi connectivity index (χ1) is 18.0. The molecule has 2 amide bonds. The van der Waals surface area contributed by atoms with E-state index in [1.807, 2.05) is 12.1 Å². The summed E-state index contributed by atoms with van der Waals surface area (Å²) in [5.74, 6) is -0.342. The topological polar surface area (TPSA) is 110 Å². The van der Waals surface area contributed by atoms with Crippen LogP contribution < -0.4 is 4.74 Å². The number of allylic oxidation sites excluding steroid dienone is 3. The molecule has 2 bridgehead atoms. The van der Waals surface area contributed by atoms with Crippen molar-refractivity contribution in [3.8, 4) is 11.8 Å². The number of fused-ring (bicyclic) bond motifs is 6. The lowest BCUT2D eigenvalue weighted by molar-refractivity contribution is -0.193. The predicted octanol–water partition coefficient (Wildman–Crippen LogP) is 3.27. The molecule has 0 aromatic heterocycles. The summed E-state index contributed by atoms with van der Waals surface area (Å²) in [5.41, 5.74) is 3.28. The lowest BCUT2D eigenvalue weighted by atomic mass is 9.85. The van der Waals surface area contributed by atoms with Crippen LogP contribution in [0.15, 0.2) is 35.9 Å². The first kappa shape index (κ1) is 25.3. The second kappa shape index (κ2) is 11.0. The minimum atomic E-state index is -0.446.